The van der Waals surface area contributed by atoms with Crippen molar-refractivity contribution in [3.05, 3.63) is 0 Å². The zero-order chi connectivity index (χ0) is 2.71. The van der Waals surface area contributed by atoms with Gasteiger partial charge in [-0.05, 0) is 10.1 Å². The molecule has 0 rings (SSSR count). The molecule has 0 aliphatic rings. The second-order valence-electron chi connectivity index (χ2n) is 0.333. The Morgan fingerprint density at radius 3 is 1.67 bits per heavy atom. The Kier molecular flexibility index (Phi) is 86.0. The fraction of sp³-hybridized carbons (Fsp3) is 0. The molecular formula is H7BLaPSiSrTi. The Morgan fingerprint density at radius 2 is 1.67 bits per heavy atom. The van der Waals surface area contributed by atoms with Gasteiger partial charge in [-0.15, -0.1) is 0 Å². The molecule has 0 aromatic rings. The van der Waals surface area contributed by atoms with Crippen LogP contribution >= 0.6 is 9.12 Å². The van der Waals surface area contributed by atoms with E-state index in [1.54, 1.807) is 0 Å². The monoisotopic (exact) mass is 352 g/mol. The smallest absolute Gasteiger partial charge is 1.00 e. The van der Waals surface area contributed by atoms with E-state index < -0.39 is 0 Å². The summed E-state index contributed by atoms with van der Waals surface area (Å²) in [4.78, 5) is 0. The first-order valence-electron chi connectivity index (χ1n) is 0.911. The van der Waals surface area contributed by atoms with E-state index in [1.807, 2.05) is 0 Å². The predicted molar refractivity (Wildman–Crippen MR) is 33.4 cm³/mol. The molecule has 0 fully saturated rings. The van der Waals surface area contributed by atoms with Crippen LogP contribution in [0.5, 0.6) is 0 Å². The number of rotatable bonds is 0. The normalized spacial score (nSPS) is 2.83. The Labute approximate surface area is 128 Å². The molecule has 0 spiro atoms. The van der Waals surface area contributed by atoms with Gasteiger partial charge in [-0.3, -0.25) is 0 Å². The van der Waals surface area contributed by atoms with E-state index in [2.05, 4.69) is 15.7 Å². The summed E-state index contributed by atoms with van der Waals surface area (Å²) in [5, 5.41) is 0. The molecule has 0 saturated heterocycles. The fourth-order valence-corrected chi connectivity index (χ4v) is 0. The summed E-state index contributed by atoms with van der Waals surface area (Å²) in [6.45, 7) is 2.06. The molecule has 6 heavy (non-hydrogen) atoms. The third-order valence-electron chi connectivity index (χ3n) is 0. The van der Waals surface area contributed by atoms with Crippen molar-refractivity contribution in [2.45, 2.75) is 0 Å². The average molecular weight is 351 g/mol. The van der Waals surface area contributed by atoms with E-state index in [-0.39, 0.29) is 106 Å². The SMILES string of the molecule is [H-].[H-].[La].[SiH3][B]P.[Sr+2].[Ti]. The maximum atomic E-state index is 2.52. The van der Waals surface area contributed by atoms with Gasteiger partial charge in [0.1, 0.15) is 6.59 Å². The third-order valence-corrected chi connectivity index (χ3v) is 0. The van der Waals surface area contributed by atoms with Crippen LogP contribution in [-0.4, -0.2) is 62.2 Å². The van der Waals surface area contributed by atoms with Crippen molar-refractivity contribution in [3.8, 4) is 0 Å². The van der Waals surface area contributed by atoms with Gasteiger partial charge in [-0.2, -0.15) is 9.12 Å². The summed E-state index contributed by atoms with van der Waals surface area (Å²) < 4.78 is 0. The molecule has 2 radical (unpaired) electrons. The van der Waals surface area contributed by atoms with Crippen molar-refractivity contribution in [2.24, 2.45) is 0 Å². The van der Waals surface area contributed by atoms with Crippen LogP contribution in [0.3, 0.4) is 0 Å². The standard InChI is InChI=1S/BH5PSi.La.Sr.Ti.2H/c2-1-3;;;;;/h2H2,3H3;;;;;/q;;+2;;2*-1. The van der Waals surface area contributed by atoms with Crippen molar-refractivity contribution >= 4 is 71.3 Å². The molecule has 1 unspecified atom stereocenters. The summed E-state index contributed by atoms with van der Waals surface area (Å²) in [5.41, 5.74) is 0. The average Bonchev–Trinajstić information content (AvgIpc) is 0.918. The summed E-state index contributed by atoms with van der Waals surface area (Å²) in [5.74, 6) is 0. The van der Waals surface area contributed by atoms with Crippen molar-refractivity contribution in [3.63, 3.8) is 0 Å². The van der Waals surface area contributed by atoms with Gasteiger partial charge in [-0.25, -0.2) is 0 Å². The van der Waals surface area contributed by atoms with Crippen molar-refractivity contribution in [1.82, 2.24) is 0 Å². The Morgan fingerprint density at radius 1 is 1.67 bits per heavy atom. The summed E-state index contributed by atoms with van der Waals surface area (Å²) in [6.07, 6.45) is 0. The second kappa shape index (κ2) is 23.0. The first kappa shape index (κ1) is 22.5. The Hall–Kier alpha value is 4.10. The van der Waals surface area contributed by atoms with Gasteiger partial charge in [0.25, 0.3) is 0 Å². The molecule has 0 N–H and O–H groups in total. The van der Waals surface area contributed by atoms with Crippen LogP contribution in [0, 0.1) is 35.6 Å². The topological polar surface area (TPSA) is 0 Å². The van der Waals surface area contributed by atoms with Crippen LogP contribution in [0.25, 0.3) is 0 Å². The molecule has 0 aliphatic carbocycles. The fourth-order valence-electron chi connectivity index (χ4n) is 0. The molecule has 6 heteroatoms. The van der Waals surface area contributed by atoms with Crippen molar-refractivity contribution in [2.75, 3.05) is 0 Å². The minimum atomic E-state index is 0. The molecule has 28 valence electrons. The summed E-state index contributed by atoms with van der Waals surface area (Å²) >= 11 is 0. The Balaban J connectivity index is -0.00000000200. The molecule has 0 amide bonds. The minimum absolute atomic E-state index is 0. The van der Waals surface area contributed by atoms with E-state index in [0.29, 0.717) is 0 Å². The molecule has 0 aliphatic heterocycles. The molecule has 0 nitrogen and oxygen atoms in total. The second-order valence-corrected chi connectivity index (χ2v) is 3.00. The van der Waals surface area contributed by atoms with Crippen LogP contribution in [0.15, 0.2) is 0 Å². The first-order chi connectivity index (χ1) is 1.41. The van der Waals surface area contributed by atoms with Gasteiger partial charge in [0.05, 0.1) is 0 Å². The Bertz CT molecular complexity index is 22.0. The maximum Gasteiger partial charge on any atom is 2.00 e. The van der Waals surface area contributed by atoms with E-state index in [0.717, 1.165) is 0 Å². The molecule has 0 bridgehead atoms. The van der Waals surface area contributed by atoms with Gasteiger partial charge in [-0.1, -0.05) is 0 Å². The maximum absolute atomic E-state index is 2.52. The number of hydrogen-bond acceptors (Lipinski definition) is 0. The largest absolute Gasteiger partial charge is 2.00 e. The van der Waals surface area contributed by atoms with E-state index >= 15 is 0 Å². The molecule has 0 aromatic carbocycles. The van der Waals surface area contributed by atoms with Gasteiger partial charge < -0.3 is 2.85 Å². The summed E-state index contributed by atoms with van der Waals surface area (Å²) in [7, 11) is 3.72. The molecular weight excluding hydrogens is 344 g/mol. The van der Waals surface area contributed by atoms with Crippen LogP contribution in [0.4, 0.5) is 0 Å². The zero-order valence-corrected chi connectivity index (χ0v) is 15.8. The van der Waals surface area contributed by atoms with E-state index in [9.17, 15) is 0 Å². The number of hydrogen-bond donors (Lipinski definition) is 0. The summed E-state index contributed by atoms with van der Waals surface area (Å²) in [6, 6.07) is 0. The van der Waals surface area contributed by atoms with Crippen LogP contribution in [-0.2, 0) is 21.7 Å². The van der Waals surface area contributed by atoms with Crippen molar-refractivity contribution in [1.29, 1.82) is 0 Å². The van der Waals surface area contributed by atoms with Gasteiger partial charge in [0.2, 0.25) is 0 Å². The van der Waals surface area contributed by atoms with Crippen LogP contribution < -0.4 is 0 Å². The molecule has 1 atom stereocenters. The van der Waals surface area contributed by atoms with Crippen LogP contribution in [0.1, 0.15) is 2.85 Å². The zero-order valence-electron chi connectivity index (χ0n) is 5.94. The first-order valence-corrected chi connectivity index (χ1v) is 2.73. The van der Waals surface area contributed by atoms with E-state index in [4.69, 9.17) is 0 Å². The van der Waals surface area contributed by atoms with Gasteiger partial charge in [0.15, 0.2) is 0 Å². The third kappa shape index (κ3) is 24.3. The quantitative estimate of drug-likeness (QED) is 0.372. The minimum Gasteiger partial charge on any atom is -1.00 e. The van der Waals surface area contributed by atoms with Gasteiger partial charge in [0, 0.05) is 57.3 Å². The van der Waals surface area contributed by atoms with Crippen molar-refractivity contribution < 1.29 is 60.2 Å². The molecule has 0 saturated carbocycles. The van der Waals surface area contributed by atoms with Crippen LogP contribution in [0.2, 0.25) is 0 Å². The van der Waals surface area contributed by atoms with E-state index in [1.165, 1.54) is 10.1 Å². The van der Waals surface area contributed by atoms with Gasteiger partial charge >= 0.3 is 45.5 Å². The molecule has 0 heterocycles. The molecule has 0 aromatic heterocycles. The predicted octanol–water partition coefficient (Wildman–Crippen LogP) is -1.40.